The Morgan fingerprint density at radius 1 is 1.17 bits per heavy atom. The third-order valence-corrected chi connectivity index (χ3v) is 3.63. The van der Waals surface area contributed by atoms with Crippen molar-refractivity contribution in [3.63, 3.8) is 0 Å². The Bertz CT molecular complexity index is 398. The molecule has 0 aliphatic heterocycles. The Morgan fingerprint density at radius 2 is 1.89 bits per heavy atom. The van der Waals surface area contributed by atoms with Gasteiger partial charge in [0.1, 0.15) is 5.75 Å². The zero-order valence-electron chi connectivity index (χ0n) is 12.0. The molecule has 0 fully saturated rings. The molecule has 1 aromatic carbocycles. The van der Waals surface area contributed by atoms with Gasteiger partial charge in [-0.05, 0) is 82.4 Å². The molecule has 1 aliphatic rings. The summed E-state index contributed by atoms with van der Waals surface area (Å²) in [6.07, 6.45) is 6.12. The Labute approximate surface area is 111 Å². The lowest BCUT2D eigenvalue weighted by Gasteiger charge is -2.14. The van der Waals surface area contributed by atoms with Gasteiger partial charge >= 0.3 is 0 Å². The molecule has 0 amide bonds. The summed E-state index contributed by atoms with van der Waals surface area (Å²) >= 11 is 0. The minimum absolute atomic E-state index is 0.763. The Morgan fingerprint density at radius 3 is 2.56 bits per heavy atom. The van der Waals surface area contributed by atoms with Crippen LogP contribution in [0.4, 0.5) is 0 Å². The van der Waals surface area contributed by atoms with E-state index in [1.165, 1.54) is 36.8 Å². The first-order chi connectivity index (χ1) is 8.70. The second-order valence-electron chi connectivity index (χ2n) is 5.42. The van der Waals surface area contributed by atoms with Gasteiger partial charge in [-0.1, -0.05) is 6.07 Å². The molecule has 100 valence electrons. The van der Waals surface area contributed by atoms with Gasteiger partial charge < -0.3 is 9.64 Å². The van der Waals surface area contributed by atoms with Crippen LogP contribution in [-0.4, -0.2) is 32.1 Å². The summed E-state index contributed by atoms with van der Waals surface area (Å²) in [5.74, 6) is 1.12. The van der Waals surface area contributed by atoms with Crippen molar-refractivity contribution in [2.24, 2.45) is 0 Å². The van der Waals surface area contributed by atoms with Crippen molar-refractivity contribution >= 4 is 0 Å². The standard InChI is InChI=1S/C16H25NO/c1-4-18-16-12-14-8-5-7-13(14)11-15(16)9-6-10-17(2)3/h11-12H,4-10H2,1-3H3. The van der Waals surface area contributed by atoms with Crippen LogP contribution in [0.2, 0.25) is 0 Å². The van der Waals surface area contributed by atoms with E-state index in [2.05, 4.69) is 38.1 Å². The van der Waals surface area contributed by atoms with Gasteiger partial charge in [-0.2, -0.15) is 0 Å². The van der Waals surface area contributed by atoms with Gasteiger partial charge in [-0.15, -0.1) is 0 Å². The normalized spacial score (nSPS) is 14.0. The van der Waals surface area contributed by atoms with Crippen LogP contribution in [0, 0.1) is 0 Å². The molecule has 0 N–H and O–H groups in total. The van der Waals surface area contributed by atoms with Crippen LogP contribution in [0.1, 0.15) is 36.5 Å². The molecule has 18 heavy (non-hydrogen) atoms. The van der Waals surface area contributed by atoms with Gasteiger partial charge in [0.15, 0.2) is 0 Å². The van der Waals surface area contributed by atoms with Crippen molar-refractivity contribution in [3.8, 4) is 5.75 Å². The fourth-order valence-electron chi connectivity index (χ4n) is 2.72. The maximum absolute atomic E-state index is 5.81. The van der Waals surface area contributed by atoms with Crippen LogP contribution in [0.25, 0.3) is 0 Å². The van der Waals surface area contributed by atoms with Crippen molar-refractivity contribution in [3.05, 3.63) is 28.8 Å². The van der Waals surface area contributed by atoms with Crippen molar-refractivity contribution in [2.75, 3.05) is 27.2 Å². The molecule has 2 rings (SSSR count). The summed E-state index contributed by atoms with van der Waals surface area (Å²) in [5, 5.41) is 0. The zero-order chi connectivity index (χ0) is 13.0. The molecule has 0 spiro atoms. The van der Waals surface area contributed by atoms with Crippen molar-refractivity contribution < 1.29 is 4.74 Å². The van der Waals surface area contributed by atoms with Crippen molar-refractivity contribution in [2.45, 2.75) is 39.0 Å². The maximum Gasteiger partial charge on any atom is 0.122 e. The first kappa shape index (κ1) is 13.4. The fraction of sp³-hybridized carbons (Fsp3) is 0.625. The number of aryl methyl sites for hydroxylation is 3. The van der Waals surface area contributed by atoms with Crippen LogP contribution in [-0.2, 0) is 19.3 Å². The predicted molar refractivity (Wildman–Crippen MR) is 76.5 cm³/mol. The molecule has 0 saturated heterocycles. The fourth-order valence-corrected chi connectivity index (χ4v) is 2.72. The van der Waals surface area contributed by atoms with E-state index in [-0.39, 0.29) is 0 Å². The number of hydrogen-bond acceptors (Lipinski definition) is 2. The molecule has 0 saturated carbocycles. The second-order valence-corrected chi connectivity index (χ2v) is 5.42. The second kappa shape index (κ2) is 6.24. The molecule has 1 aromatic rings. The average Bonchev–Trinajstić information content (AvgIpc) is 2.76. The molecule has 0 radical (unpaired) electrons. The minimum Gasteiger partial charge on any atom is -0.494 e. The van der Waals surface area contributed by atoms with E-state index >= 15 is 0 Å². The number of hydrogen-bond donors (Lipinski definition) is 0. The molecule has 2 heteroatoms. The highest BCUT2D eigenvalue weighted by Gasteiger charge is 2.15. The Kier molecular flexibility index (Phi) is 4.65. The third kappa shape index (κ3) is 3.26. The molecular weight excluding hydrogens is 222 g/mol. The van der Waals surface area contributed by atoms with Crippen LogP contribution in [0.5, 0.6) is 5.75 Å². The summed E-state index contributed by atoms with van der Waals surface area (Å²) < 4.78 is 5.81. The van der Waals surface area contributed by atoms with E-state index in [1.54, 1.807) is 5.56 Å². The molecule has 0 heterocycles. The molecule has 0 bridgehead atoms. The van der Waals surface area contributed by atoms with Crippen molar-refractivity contribution in [1.29, 1.82) is 0 Å². The van der Waals surface area contributed by atoms with Crippen LogP contribution in [0.3, 0.4) is 0 Å². The van der Waals surface area contributed by atoms with Gasteiger partial charge in [-0.25, -0.2) is 0 Å². The number of rotatable bonds is 6. The van der Waals surface area contributed by atoms with E-state index < -0.39 is 0 Å². The van der Waals surface area contributed by atoms with E-state index in [9.17, 15) is 0 Å². The highest BCUT2D eigenvalue weighted by Crippen LogP contribution is 2.30. The molecule has 0 aromatic heterocycles. The Hall–Kier alpha value is -1.02. The lowest BCUT2D eigenvalue weighted by molar-refractivity contribution is 0.334. The zero-order valence-corrected chi connectivity index (χ0v) is 12.0. The highest BCUT2D eigenvalue weighted by molar-refractivity contribution is 5.45. The molecular formula is C16H25NO. The van der Waals surface area contributed by atoms with Gasteiger partial charge in [0.2, 0.25) is 0 Å². The third-order valence-electron chi connectivity index (χ3n) is 3.63. The van der Waals surface area contributed by atoms with Gasteiger partial charge in [0.25, 0.3) is 0 Å². The molecule has 0 atom stereocenters. The minimum atomic E-state index is 0.763. The molecule has 2 nitrogen and oxygen atoms in total. The molecule has 1 aliphatic carbocycles. The highest BCUT2D eigenvalue weighted by atomic mass is 16.5. The number of nitrogens with zero attached hydrogens (tertiary/aromatic N) is 1. The first-order valence-electron chi connectivity index (χ1n) is 7.13. The van der Waals surface area contributed by atoms with Crippen LogP contribution >= 0.6 is 0 Å². The van der Waals surface area contributed by atoms with E-state index in [4.69, 9.17) is 4.74 Å². The topological polar surface area (TPSA) is 12.5 Å². The monoisotopic (exact) mass is 247 g/mol. The summed E-state index contributed by atoms with van der Waals surface area (Å²) in [7, 11) is 4.26. The SMILES string of the molecule is CCOc1cc2c(cc1CCCN(C)C)CCC2. The quantitative estimate of drug-likeness (QED) is 0.766. The van der Waals surface area contributed by atoms with E-state index in [1.807, 2.05) is 0 Å². The van der Waals surface area contributed by atoms with E-state index in [0.717, 1.165) is 25.3 Å². The lowest BCUT2D eigenvalue weighted by atomic mass is 10.0. The largest absolute Gasteiger partial charge is 0.494 e. The first-order valence-corrected chi connectivity index (χ1v) is 7.13. The van der Waals surface area contributed by atoms with Gasteiger partial charge in [0.05, 0.1) is 6.61 Å². The Balaban J connectivity index is 2.11. The predicted octanol–water partition coefficient (Wildman–Crippen LogP) is 3.07. The lowest BCUT2D eigenvalue weighted by Crippen LogP contribution is -2.13. The summed E-state index contributed by atoms with van der Waals surface area (Å²) in [6, 6.07) is 4.68. The summed E-state index contributed by atoms with van der Waals surface area (Å²) in [5.41, 5.74) is 4.47. The number of ether oxygens (including phenoxy) is 1. The maximum atomic E-state index is 5.81. The van der Waals surface area contributed by atoms with Crippen molar-refractivity contribution in [1.82, 2.24) is 4.90 Å². The van der Waals surface area contributed by atoms with Gasteiger partial charge in [-0.3, -0.25) is 0 Å². The number of fused-ring (bicyclic) bond motifs is 1. The van der Waals surface area contributed by atoms with Crippen LogP contribution in [0.15, 0.2) is 12.1 Å². The average molecular weight is 247 g/mol. The smallest absolute Gasteiger partial charge is 0.122 e. The van der Waals surface area contributed by atoms with Gasteiger partial charge in [0, 0.05) is 0 Å². The number of benzene rings is 1. The summed E-state index contributed by atoms with van der Waals surface area (Å²) in [4.78, 5) is 2.24. The van der Waals surface area contributed by atoms with Crippen LogP contribution < -0.4 is 4.74 Å². The van der Waals surface area contributed by atoms with E-state index in [0.29, 0.717) is 0 Å². The molecule has 0 unspecified atom stereocenters. The summed E-state index contributed by atoms with van der Waals surface area (Å²) in [6.45, 7) is 3.97.